The molecule has 3 heteroatoms. The summed E-state index contributed by atoms with van der Waals surface area (Å²) in [6, 6.07) is 10.7. The lowest BCUT2D eigenvalue weighted by atomic mass is 10.1. The lowest BCUT2D eigenvalue weighted by Gasteiger charge is -2.03. The van der Waals surface area contributed by atoms with Gasteiger partial charge in [-0.3, -0.25) is 4.79 Å². The highest BCUT2D eigenvalue weighted by Crippen LogP contribution is 2.26. The Kier molecular flexibility index (Phi) is 2.44. The Morgan fingerprint density at radius 1 is 1.00 bits per heavy atom. The maximum absolute atomic E-state index is 11.1. The first-order valence-corrected chi connectivity index (χ1v) is 4.83. The van der Waals surface area contributed by atoms with Crippen LogP contribution < -0.4 is 0 Å². The van der Waals surface area contributed by atoms with Gasteiger partial charge in [0.25, 0.3) is 5.24 Å². The smallest absolute Gasteiger partial charge is 0.253 e. The summed E-state index contributed by atoms with van der Waals surface area (Å²) in [5.41, 5.74) is 0.492. The fourth-order valence-electron chi connectivity index (χ4n) is 1.44. The van der Waals surface area contributed by atoms with Crippen molar-refractivity contribution in [3.8, 4) is 0 Å². The van der Waals surface area contributed by atoms with Gasteiger partial charge in [-0.15, -0.1) is 0 Å². The second-order valence-corrected chi connectivity index (χ2v) is 3.66. The highest BCUT2D eigenvalue weighted by molar-refractivity contribution is 6.68. The van der Waals surface area contributed by atoms with E-state index in [-0.39, 0.29) is 0 Å². The van der Waals surface area contributed by atoms with Crippen molar-refractivity contribution in [3.05, 3.63) is 47.0 Å². The molecule has 0 amide bonds. The van der Waals surface area contributed by atoms with Crippen LogP contribution in [-0.4, -0.2) is 5.24 Å². The molecule has 0 bridgehead atoms. The zero-order chi connectivity index (χ0) is 10.1. The van der Waals surface area contributed by atoms with Crippen LogP contribution in [0.3, 0.4) is 0 Å². The lowest BCUT2D eigenvalue weighted by molar-refractivity contribution is 0.108. The van der Waals surface area contributed by atoms with Gasteiger partial charge < -0.3 is 0 Å². The summed E-state index contributed by atoms with van der Waals surface area (Å²) in [6.07, 6.45) is 0. The van der Waals surface area contributed by atoms with Crippen LogP contribution in [0.2, 0.25) is 5.02 Å². The molecule has 0 atom stereocenters. The minimum absolute atomic E-state index is 0.460. The van der Waals surface area contributed by atoms with Gasteiger partial charge in [0.1, 0.15) is 0 Å². The van der Waals surface area contributed by atoms with Crippen LogP contribution in [0, 0.1) is 0 Å². The summed E-state index contributed by atoms with van der Waals surface area (Å²) >= 11 is 11.4. The summed E-state index contributed by atoms with van der Waals surface area (Å²) in [6.45, 7) is 0. The summed E-state index contributed by atoms with van der Waals surface area (Å²) in [5, 5.41) is 1.81. The number of halogens is 2. The topological polar surface area (TPSA) is 17.1 Å². The van der Waals surface area contributed by atoms with Gasteiger partial charge in [0.2, 0.25) is 0 Å². The van der Waals surface area contributed by atoms with Crippen LogP contribution in [0.5, 0.6) is 0 Å². The van der Waals surface area contributed by atoms with Gasteiger partial charge in [-0.1, -0.05) is 35.9 Å². The number of carbonyl (C=O) groups is 1. The molecule has 0 unspecified atom stereocenters. The van der Waals surface area contributed by atoms with Crippen molar-refractivity contribution in [3.63, 3.8) is 0 Å². The predicted octanol–water partition coefficient (Wildman–Crippen LogP) is 3.87. The molecule has 0 saturated carbocycles. The largest absolute Gasteiger partial charge is 0.276 e. The van der Waals surface area contributed by atoms with Crippen LogP contribution in [-0.2, 0) is 0 Å². The van der Waals surface area contributed by atoms with Crippen LogP contribution in [0.15, 0.2) is 36.4 Å². The SMILES string of the molecule is O=C(Cl)c1cccc2c(Cl)cccc12. The molecule has 0 heterocycles. The second-order valence-electron chi connectivity index (χ2n) is 2.91. The third-order valence-electron chi connectivity index (χ3n) is 2.08. The van der Waals surface area contributed by atoms with Crippen LogP contribution >= 0.6 is 23.2 Å². The Bertz CT molecular complexity index is 506. The minimum atomic E-state index is -0.460. The summed E-state index contributed by atoms with van der Waals surface area (Å²) in [7, 11) is 0. The Morgan fingerprint density at radius 2 is 1.64 bits per heavy atom. The Hall–Kier alpha value is -1.05. The van der Waals surface area contributed by atoms with Gasteiger partial charge in [-0.25, -0.2) is 0 Å². The van der Waals surface area contributed by atoms with Gasteiger partial charge in [0, 0.05) is 16.0 Å². The maximum atomic E-state index is 11.1. The number of rotatable bonds is 1. The van der Waals surface area contributed by atoms with E-state index in [1.165, 1.54) is 0 Å². The number of fused-ring (bicyclic) bond motifs is 1. The van der Waals surface area contributed by atoms with E-state index in [9.17, 15) is 4.79 Å². The number of hydrogen-bond donors (Lipinski definition) is 0. The predicted molar refractivity (Wildman–Crippen MR) is 59.1 cm³/mol. The van der Waals surface area contributed by atoms with E-state index in [0.717, 1.165) is 10.8 Å². The molecule has 2 rings (SSSR count). The molecular weight excluding hydrogens is 219 g/mol. The van der Waals surface area contributed by atoms with Gasteiger partial charge in [-0.2, -0.15) is 0 Å². The maximum Gasteiger partial charge on any atom is 0.253 e. The van der Waals surface area contributed by atoms with E-state index >= 15 is 0 Å². The summed E-state index contributed by atoms with van der Waals surface area (Å²) in [5.74, 6) is 0. The van der Waals surface area contributed by atoms with E-state index < -0.39 is 5.24 Å². The Morgan fingerprint density at radius 3 is 2.36 bits per heavy atom. The normalized spacial score (nSPS) is 10.4. The van der Waals surface area contributed by atoms with Crippen molar-refractivity contribution >= 4 is 39.2 Å². The first-order chi connectivity index (χ1) is 6.70. The molecule has 2 aromatic carbocycles. The summed E-state index contributed by atoms with van der Waals surface area (Å²) in [4.78, 5) is 11.1. The zero-order valence-electron chi connectivity index (χ0n) is 7.13. The molecule has 0 radical (unpaired) electrons. The minimum Gasteiger partial charge on any atom is -0.276 e. The van der Waals surface area contributed by atoms with Crippen molar-refractivity contribution in [2.75, 3.05) is 0 Å². The van der Waals surface area contributed by atoms with Gasteiger partial charge >= 0.3 is 0 Å². The number of benzene rings is 2. The molecule has 2 aromatic rings. The van der Waals surface area contributed by atoms with Gasteiger partial charge in [-0.05, 0) is 29.1 Å². The van der Waals surface area contributed by atoms with Crippen LogP contribution in [0.4, 0.5) is 0 Å². The first kappa shape index (κ1) is 9.50. The Labute approximate surface area is 91.2 Å². The number of hydrogen-bond acceptors (Lipinski definition) is 1. The van der Waals surface area contributed by atoms with Crippen LogP contribution in [0.1, 0.15) is 10.4 Å². The van der Waals surface area contributed by atoms with E-state index in [4.69, 9.17) is 23.2 Å². The van der Waals surface area contributed by atoms with Gasteiger partial charge in [0.15, 0.2) is 0 Å². The monoisotopic (exact) mass is 224 g/mol. The van der Waals surface area contributed by atoms with Crippen LogP contribution in [0.25, 0.3) is 10.8 Å². The lowest BCUT2D eigenvalue weighted by Crippen LogP contribution is -1.90. The molecule has 0 saturated heterocycles. The highest BCUT2D eigenvalue weighted by Gasteiger charge is 2.07. The molecule has 70 valence electrons. The fourth-order valence-corrected chi connectivity index (χ4v) is 1.85. The molecule has 0 N–H and O–H groups in total. The highest BCUT2D eigenvalue weighted by atomic mass is 35.5. The van der Waals surface area contributed by atoms with E-state index in [0.29, 0.717) is 10.6 Å². The average Bonchev–Trinajstić information content (AvgIpc) is 2.17. The van der Waals surface area contributed by atoms with E-state index in [1.807, 2.05) is 12.1 Å². The average molecular weight is 225 g/mol. The molecule has 0 spiro atoms. The van der Waals surface area contributed by atoms with Crippen molar-refractivity contribution in [1.82, 2.24) is 0 Å². The standard InChI is InChI=1S/C11H6Cl2O/c12-10-6-2-3-7-8(10)4-1-5-9(7)11(13)14/h1-6H. The van der Waals surface area contributed by atoms with Crippen molar-refractivity contribution in [1.29, 1.82) is 0 Å². The van der Waals surface area contributed by atoms with Crippen molar-refractivity contribution in [2.24, 2.45) is 0 Å². The third-order valence-corrected chi connectivity index (χ3v) is 2.61. The number of carbonyl (C=O) groups excluding carboxylic acids is 1. The second kappa shape index (κ2) is 3.60. The molecule has 0 aliphatic heterocycles. The zero-order valence-corrected chi connectivity index (χ0v) is 8.64. The molecular formula is C11H6Cl2O. The van der Waals surface area contributed by atoms with E-state index in [2.05, 4.69) is 0 Å². The van der Waals surface area contributed by atoms with Crippen molar-refractivity contribution in [2.45, 2.75) is 0 Å². The Balaban J connectivity index is 2.88. The van der Waals surface area contributed by atoms with E-state index in [1.54, 1.807) is 24.3 Å². The summed E-state index contributed by atoms with van der Waals surface area (Å²) < 4.78 is 0. The molecule has 0 fully saturated rings. The molecule has 0 aliphatic rings. The third kappa shape index (κ3) is 1.49. The van der Waals surface area contributed by atoms with Gasteiger partial charge in [0.05, 0.1) is 0 Å². The first-order valence-electron chi connectivity index (χ1n) is 4.07. The molecule has 14 heavy (non-hydrogen) atoms. The fraction of sp³-hybridized carbons (Fsp3) is 0. The molecule has 0 aromatic heterocycles. The molecule has 1 nitrogen and oxygen atoms in total. The van der Waals surface area contributed by atoms with Crippen molar-refractivity contribution < 1.29 is 4.79 Å². The molecule has 0 aliphatic carbocycles. The quantitative estimate of drug-likeness (QED) is 0.673.